The highest BCUT2D eigenvalue weighted by Crippen LogP contribution is 2.39. The fraction of sp³-hybridized carbons (Fsp3) is 0.0294. The molecule has 0 bridgehead atoms. The van der Waals surface area contributed by atoms with Gasteiger partial charge >= 0.3 is 0 Å². The van der Waals surface area contributed by atoms with Crippen molar-refractivity contribution in [2.24, 2.45) is 15.0 Å². The number of aliphatic imine (C=N–C) groups is 3. The van der Waals surface area contributed by atoms with Crippen LogP contribution in [0.2, 0.25) is 0 Å². The van der Waals surface area contributed by atoms with Gasteiger partial charge in [-0.3, -0.25) is 29.1 Å². The van der Waals surface area contributed by atoms with Gasteiger partial charge in [-0.1, -0.05) is 163 Å². The number of carbonyl (C=O) groups is 3. The van der Waals surface area contributed by atoms with E-state index in [1.54, 1.807) is 14.7 Å². The van der Waals surface area contributed by atoms with E-state index >= 15 is 0 Å². The predicted octanol–water partition coefficient (Wildman–Crippen LogP) is 15.9. The maximum atomic E-state index is 13.2. The van der Waals surface area contributed by atoms with Gasteiger partial charge in [0.1, 0.15) is 28.6 Å². The van der Waals surface area contributed by atoms with Crippen molar-refractivity contribution in [1.29, 1.82) is 0 Å². The molecule has 0 radical (unpaired) electrons. The number of aryl methyl sites for hydroxylation is 2. The molecule has 3 aliphatic heterocycles. The number of benzene rings is 10. The van der Waals surface area contributed by atoms with Crippen LogP contribution in [0.15, 0.2) is 282 Å². The number of carbonyl (C=O) groups excluding carboxylic acids is 3. The van der Waals surface area contributed by atoms with Crippen LogP contribution in [0.3, 0.4) is 0 Å². The maximum Gasteiger partial charge on any atom is 0.282 e. The Balaban J connectivity index is 0.000000125. The Morgan fingerprint density at radius 1 is 0.282 bits per heavy atom. The summed E-state index contributed by atoms with van der Waals surface area (Å²) in [6.45, 7) is 4.06. The third-order valence-electron chi connectivity index (χ3n) is 13.1. The highest BCUT2D eigenvalue weighted by Gasteiger charge is 2.37. The Labute approximate surface area is 452 Å². The van der Waals surface area contributed by atoms with Crippen LogP contribution in [-0.4, -0.2) is 34.9 Å². The van der Waals surface area contributed by atoms with E-state index in [2.05, 4.69) is 15.0 Å². The van der Waals surface area contributed by atoms with E-state index in [0.29, 0.717) is 28.6 Å². The quantitative estimate of drug-likeness (QED) is 0.151. The minimum atomic E-state index is -0.132. The number of anilines is 6. The average molecular weight is 1020 g/mol. The SMILES string of the molecule is Cc1ccc(N=C2C(=O)N(c3ccccc3)c3ccccc32)cc1.Cc1ccc(N=C2C(=O)N(c3ccccc3)c3ccccc32)cc1.O=C1C(=Nc2ccc(Oc3ccccc3)cc2)c2ccccc2N1c1ccccc1. The van der Waals surface area contributed by atoms with E-state index in [-0.39, 0.29) is 17.7 Å². The molecule has 0 saturated carbocycles. The van der Waals surface area contributed by atoms with Crippen LogP contribution < -0.4 is 19.4 Å². The van der Waals surface area contributed by atoms with Crippen molar-refractivity contribution in [2.75, 3.05) is 14.7 Å². The number of hydrogen-bond acceptors (Lipinski definition) is 7. The Morgan fingerprint density at radius 3 is 0.859 bits per heavy atom. The van der Waals surface area contributed by atoms with Gasteiger partial charge in [0.15, 0.2) is 0 Å². The molecule has 78 heavy (non-hydrogen) atoms. The van der Waals surface area contributed by atoms with Crippen molar-refractivity contribution in [3.8, 4) is 11.5 Å². The lowest BCUT2D eigenvalue weighted by Crippen LogP contribution is -2.25. The van der Waals surface area contributed by atoms with E-state index in [0.717, 1.165) is 67.9 Å². The Morgan fingerprint density at radius 2 is 0.538 bits per heavy atom. The van der Waals surface area contributed by atoms with Crippen molar-refractivity contribution in [2.45, 2.75) is 13.8 Å². The van der Waals surface area contributed by atoms with Crippen molar-refractivity contribution in [3.05, 3.63) is 295 Å². The van der Waals surface area contributed by atoms with Crippen LogP contribution in [0.25, 0.3) is 0 Å². The fourth-order valence-corrected chi connectivity index (χ4v) is 9.26. The van der Waals surface area contributed by atoms with Crippen LogP contribution in [0.1, 0.15) is 27.8 Å². The molecule has 376 valence electrons. The summed E-state index contributed by atoms with van der Waals surface area (Å²) in [6.07, 6.45) is 0. The van der Waals surface area contributed by atoms with E-state index in [1.807, 2.05) is 281 Å². The Hall–Kier alpha value is -10.6. The maximum absolute atomic E-state index is 13.2. The number of amides is 3. The van der Waals surface area contributed by atoms with E-state index < -0.39 is 0 Å². The molecule has 10 aromatic carbocycles. The fourth-order valence-electron chi connectivity index (χ4n) is 9.26. The van der Waals surface area contributed by atoms with Gasteiger partial charge in [-0.2, -0.15) is 0 Å². The summed E-state index contributed by atoms with van der Waals surface area (Å²) in [7, 11) is 0. The normalized spacial score (nSPS) is 14.6. The Kier molecular flexibility index (Phi) is 14.3. The second-order valence-electron chi connectivity index (χ2n) is 18.4. The summed E-state index contributed by atoms with van der Waals surface area (Å²) >= 11 is 0. The molecule has 0 fully saturated rings. The standard InChI is InChI=1S/C26H18N2O2.2C21H16N2O/c29-26-25(23-13-7-8-14-24(23)28(26)20-9-3-1-4-10-20)27-19-15-17-22(18-16-19)30-21-11-5-2-6-12-21;2*1-15-11-13-16(14-12-15)22-20-18-9-5-6-10-19(18)23(21(20)24)17-7-3-2-4-8-17/h1-18H;2*2-14H,1H3. The molecular weight excluding hydrogens is 965 g/mol. The first kappa shape index (κ1) is 49.6. The van der Waals surface area contributed by atoms with Gasteiger partial charge in [0.25, 0.3) is 17.7 Å². The monoisotopic (exact) mass is 1010 g/mol. The molecule has 10 aromatic rings. The summed E-state index contributed by atoms with van der Waals surface area (Å²) in [5.74, 6) is 1.17. The minimum absolute atomic E-state index is 0.0945. The van der Waals surface area contributed by atoms with Crippen molar-refractivity contribution in [1.82, 2.24) is 0 Å². The number of fused-ring (bicyclic) bond motifs is 3. The summed E-state index contributed by atoms with van der Waals surface area (Å²) in [4.78, 5) is 58.4. The van der Waals surface area contributed by atoms with Gasteiger partial charge in [-0.25, -0.2) is 15.0 Å². The van der Waals surface area contributed by atoms with Crippen LogP contribution >= 0.6 is 0 Å². The second-order valence-corrected chi connectivity index (χ2v) is 18.4. The lowest BCUT2D eigenvalue weighted by molar-refractivity contribution is -0.112. The first-order valence-electron chi connectivity index (χ1n) is 25.5. The summed E-state index contributed by atoms with van der Waals surface area (Å²) in [6, 6.07) is 85.0. The molecule has 0 spiro atoms. The van der Waals surface area contributed by atoms with E-state index in [4.69, 9.17) is 4.74 Å². The largest absolute Gasteiger partial charge is 0.457 e. The number of nitrogens with zero attached hydrogens (tertiary/aromatic N) is 6. The zero-order valence-corrected chi connectivity index (χ0v) is 42.7. The molecule has 10 heteroatoms. The van der Waals surface area contributed by atoms with Crippen LogP contribution in [-0.2, 0) is 14.4 Å². The highest BCUT2D eigenvalue weighted by molar-refractivity contribution is 6.57. The van der Waals surface area contributed by atoms with Crippen molar-refractivity contribution < 1.29 is 19.1 Å². The number of para-hydroxylation sites is 7. The van der Waals surface area contributed by atoms with Gasteiger partial charge in [-0.15, -0.1) is 0 Å². The Bertz CT molecular complexity index is 3730. The first-order valence-corrected chi connectivity index (χ1v) is 25.5. The molecule has 0 N–H and O–H groups in total. The third kappa shape index (κ3) is 10.5. The van der Waals surface area contributed by atoms with Gasteiger partial charge in [0.2, 0.25) is 0 Å². The number of hydrogen-bond donors (Lipinski definition) is 0. The summed E-state index contributed by atoms with van der Waals surface area (Å²) < 4.78 is 5.83. The van der Waals surface area contributed by atoms with E-state index in [1.165, 1.54) is 11.1 Å². The minimum Gasteiger partial charge on any atom is -0.457 e. The molecule has 0 saturated heterocycles. The van der Waals surface area contributed by atoms with Crippen LogP contribution in [0.5, 0.6) is 11.5 Å². The van der Waals surface area contributed by atoms with Gasteiger partial charge in [-0.05, 0) is 129 Å². The zero-order valence-electron chi connectivity index (χ0n) is 42.7. The summed E-state index contributed by atoms with van der Waals surface area (Å²) in [5.41, 5.74) is 13.7. The lowest BCUT2D eigenvalue weighted by atomic mass is 10.1. The topological polar surface area (TPSA) is 107 Å². The molecule has 3 heterocycles. The zero-order chi connectivity index (χ0) is 53.4. The van der Waals surface area contributed by atoms with E-state index in [9.17, 15) is 14.4 Å². The molecule has 0 aliphatic carbocycles. The van der Waals surface area contributed by atoms with Gasteiger partial charge in [0, 0.05) is 33.8 Å². The smallest absolute Gasteiger partial charge is 0.282 e. The summed E-state index contributed by atoms with van der Waals surface area (Å²) in [5, 5.41) is 0. The van der Waals surface area contributed by atoms with Crippen LogP contribution in [0, 0.1) is 13.8 Å². The lowest BCUT2D eigenvalue weighted by Gasteiger charge is -2.16. The molecule has 0 atom stereocenters. The molecular formula is C68H50N6O4. The number of ether oxygens (including phenoxy) is 1. The third-order valence-corrected chi connectivity index (χ3v) is 13.1. The number of rotatable bonds is 8. The van der Waals surface area contributed by atoms with Gasteiger partial charge in [0.05, 0.1) is 34.1 Å². The van der Waals surface area contributed by atoms with Gasteiger partial charge < -0.3 is 4.74 Å². The molecule has 3 amide bonds. The second kappa shape index (κ2) is 22.5. The molecule has 0 aromatic heterocycles. The van der Waals surface area contributed by atoms with Crippen molar-refractivity contribution >= 4 is 86.0 Å². The first-order chi connectivity index (χ1) is 38.3. The highest BCUT2D eigenvalue weighted by atomic mass is 16.5. The predicted molar refractivity (Wildman–Crippen MR) is 314 cm³/mol. The molecule has 0 unspecified atom stereocenters. The molecule has 13 rings (SSSR count). The van der Waals surface area contributed by atoms with Crippen LogP contribution in [0.4, 0.5) is 51.2 Å². The van der Waals surface area contributed by atoms with Crippen molar-refractivity contribution in [3.63, 3.8) is 0 Å². The average Bonchev–Trinajstić information content (AvgIpc) is 4.27. The molecule has 10 nitrogen and oxygen atoms in total. The molecule has 3 aliphatic rings.